The number of nitrogens with one attached hydrogen (secondary N) is 1. The molecule has 1 N–H and O–H groups in total. The molecule has 0 spiro atoms. The highest BCUT2D eigenvalue weighted by Crippen LogP contribution is 2.42. The predicted octanol–water partition coefficient (Wildman–Crippen LogP) is 4.86. The second kappa shape index (κ2) is 8.44. The molecule has 160 valence electrons. The van der Waals surface area contributed by atoms with Gasteiger partial charge in [-0.05, 0) is 86.4 Å². The number of hydrogen-bond acceptors (Lipinski definition) is 3. The Balaban J connectivity index is 1.58. The topological polar surface area (TPSA) is 42.3 Å². The summed E-state index contributed by atoms with van der Waals surface area (Å²) in [5, 5.41) is 4.29. The van der Waals surface area contributed by atoms with E-state index in [1.165, 1.54) is 16.8 Å². The summed E-state index contributed by atoms with van der Waals surface area (Å²) in [6, 6.07) is 16.9. The van der Waals surface area contributed by atoms with E-state index in [9.17, 15) is 0 Å². The van der Waals surface area contributed by atoms with Crippen molar-refractivity contribution in [1.82, 2.24) is 14.9 Å². The van der Waals surface area contributed by atoms with Crippen molar-refractivity contribution in [1.29, 1.82) is 0 Å². The highest BCUT2D eigenvalue weighted by atomic mass is 32.1. The average Bonchev–Trinajstić information content (AvgIpc) is 3.52. The van der Waals surface area contributed by atoms with E-state index >= 15 is 0 Å². The molecule has 5 rings (SSSR count). The third-order valence-electron chi connectivity index (χ3n) is 6.46. The monoisotopic (exact) mass is 432 g/mol. The first-order chi connectivity index (χ1) is 15.1. The molecule has 2 aliphatic heterocycles. The first kappa shape index (κ1) is 20.2. The molecule has 31 heavy (non-hydrogen) atoms. The fourth-order valence-electron chi connectivity index (χ4n) is 4.68. The number of anilines is 1. The second-order valence-corrected chi connectivity index (χ2v) is 8.87. The molecule has 2 fully saturated rings. The van der Waals surface area contributed by atoms with Crippen LogP contribution < -0.4 is 10.2 Å². The van der Waals surface area contributed by atoms with E-state index in [0.29, 0.717) is 0 Å². The van der Waals surface area contributed by atoms with Gasteiger partial charge in [-0.25, -0.2) is 0 Å². The molecule has 0 aliphatic carbocycles. The molecule has 1 aromatic carbocycles. The van der Waals surface area contributed by atoms with Crippen molar-refractivity contribution in [3.05, 3.63) is 83.4 Å². The molecule has 2 saturated heterocycles. The smallest absolute Gasteiger partial charge is 0.174 e. The van der Waals surface area contributed by atoms with Gasteiger partial charge in [0.15, 0.2) is 5.11 Å². The minimum atomic E-state index is -0.0338. The third kappa shape index (κ3) is 3.86. The maximum atomic E-state index is 5.93. The molecule has 3 aromatic rings. The molecule has 4 heterocycles. The van der Waals surface area contributed by atoms with E-state index in [4.69, 9.17) is 17.0 Å². The minimum Gasteiger partial charge on any atom is -0.376 e. The van der Waals surface area contributed by atoms with Gasteiger partial charge in [-0.1, -0.05) is 12.1 Å². The summed E-state index contributed by atoms with van der Waals surface area (Å²) >= 11 is 5.87. The van der Waals surface area contributed by atoms with Crippen molar-refractivity contribution in [2.45, 2.75) is 51.4 Å². The van der Waals surface area contributed by atoms with Gasteiger partial charge in [-0.2, -0.15) is 0 Å². The first-order valence-electron chi connectivity index (χ1n) is 11.0. The van der Waals surface area contributed by atoms with Crippen LogP contribution in [0, 0.1) is 13.8 Å². The number of thiocarbonyl (C=S) groups is 1. The van der Waals surface area contributed by atoms with Gasteiger partial charge in [0.05, 0.1) is 17.8 Å². The van der Waals surface area contributed by atoms with E-state index in [2.05, 4.69) is 76.2 Å². The molecular formula is C25H28N4OS. The average molecular weight is 433 g/mol. The number of benzene rings is 1. The minimum absolute atomic E-state index is 0.000842. The van der Waals surface area contributed by atoms with Crippen LogP contribution in [0.1, 0.15) is 47.4 Å². The summed E-state index contributed by atoms with van der Waals surface area (Å²) in [5.74, 6) is 0. The van der Waals surface area contributed by atoms with E-state index < -0.39 is 0 Å². The zero-order valence-electron chi connectivity index (χ0n) is 18.0. The number of nitrogens with zero attached hydrogens (tertiary/aromatic N) is 3. The molecule has 6 heteroatoms. The maximum absolute atomic E-state index is 5.93. The van der Waals surface area contributed by atoms with Gasteiger partial charge in [-0.15, -0.1) is 0 Å². The second-order valence-electron chi connectivity index (χ2n) is 8.49. The van der Waals surface area contributed by atoms with Crippen molar-refractivity contribution in [3.8, 4) is 0 Å². The summed E-state index contributed by atoms with van der Waals surface area (Å²) in [7, 11) is 0. The summed E-state index contributed by atoms with van der Waals surface area (Å²) < 4.78 is 8.26. The molecule has 0 unspecified atom stereocenters. The summed E-state index contributed by atoms with van der Waals surface area (Å²) in [6.45, 7) is 6.01. The standard InChI is InChI=1S/C25H28N4OS/c1-17-10-11-19(15-18(17)2)29-24(23(27-25(29)31)21-8-3-4-12-26-21)22-9-5-13-28(22)16-20-7-6-14-30-20/h3-5,8-13,15,20,23-24H,6-7,14,16H2,1-2H3,(H,27,31)/t20-,23+,24-/m0/s1. The lowest BCUT2D eigenvalue weighted by atomic mass is 10.00. The molecule has 0 saturated carbocycles. The van der Waals surface area contributed by atoms with Crippen LogP contribution in [0.4, 0.5) is 5.69 Å². The highest BCUT2D eigenvalue weighted by Gasteiger charge is 2.42. The van der Waals surface area contributed by atoms with Crippen LogP contribution in [0.25, 0.3) is 0 Å². The van der Waals surface area contributed by atoms with Crippen LogP contribution in [0.2, 0.25) is 0 Å². The number of aromatic nitrogens is 2. The van der Waals surface area contributed by atoms with Gasteiger partial charge >= 0.3 is 0 Å². The van der Waals surface area contributed by atoms with E-state index in [1.807, 2.05) is 18.3 Å². The van der Waals surface area contributed by atoms with E-state index in [-0.39, 0.29) is 18.2 Å². The lowest BCUT2D eigenvalue weighted by molar-refractivity contribution is 0.0961. The summed E-state index contributed by atoms with van der Waals surface area (Å²) in [4.78, 5) is 6.92. The zero-order chi connectivity index (χ0) is 21.4. The molecule has 0 bridgehead atoms. The predicted molar refractivity (Wildman–Crippen MR) is 127 cm³/mol. The third-order valence-corrected chi connectivity index (χ3v) is 6.77. The fraction of sp³-hybridized carbons (Fsp3) is 0.360. The normalized spacial score (nSPS) is 23.4. The molecule has 2 aromatic heterocycles. The number of aryl methyl sites for hydroxylation is 2. The fourth-order valence-corrected chi connectivity index (χ4v) is 5.02. The largest absolute Gasteiger partial charge is 0.376 e. The number of rotatable bonds is 5. The SMILES string of the molecule is Cc1ccc(N2C(=S)N[C@H](c3ccccn3)[C@@H]2c2cccn2C[C@@H]2CCCO2)cc1C. The Labute approximate surface area is 189 Å². The Kier molecular flexibility index (Phi) is 5.50. The molecule has 3 atom stereocenters. The Morgan fingerprint density at radius 1 is 1.13 bits per heavy atom. The van der Waals surface area contributed by atoms with Crippen LogP contribution in [-0.4, -0.2) is 27.4 Å². The van der Waals surface area contributed by atoms with Crippen LogP contribution in [0.5, 0.6) is 0 Å². The number of ether oxygens (including phenoxy) is 1. The van der Waals surface area contributed by atoms with Crippen molar-refractivity contribution < 1.29 is 4.74 Å². The van der Waals surface area contributed by atoms with Crippen LogP contribution >= 0.6 is 12.2 Å². The molecular weight excluding hydrogens is 404 g/mol. The maximum Gasteiger partial charge on any atom is 0.174 e. The van der Waals surface area contributed by atoms with E-state index in [1.54, 1.807) is 0 Å². The molecule has 5 nitrogen and oxygen atoms in total. The van der Waals surface area contributed by atoms with Gasteiger partial charge in [-0.3, -0.25) is 4.98 Å². The Hall–Kier alpha value is -2.70. The quantitative estimate of drug-likeness (QED) is 0.584. The lowest BCUT2D eigenvalue weighted by Gasteiger charge is -2.30. The summed E-state index contributed by atoms with van der Waals surface area (Å²) in [6.07, 6.45) is 6.54. The van der Waals surface area contributed by atoms with Crippen LogP contribution in [-0.2, 0) is 11.3 Å². The van der Waals surface area contributed by atoms with Gasteiger partial charge in [0, 0.05) is 36.9 Å². The van der Waals surface area contributed by atoms with Gasteiger partial charge in [0.25, 0.3) is 0 Å². The van der Waals surface area contributed by atoms with Gasteiger partial charge in [0.2, 0.25) is 0 Å². The first-order valence-corrected chi connectivity index (χ1v) is 11.4. The molecule has 0 amide bonds. The highest BCUT2D eigenvalue weighted by molar-refractivity contribution is 7.80. The van der Waals surface area contributed by atoms with Crippen molar-refractivity contribution in [3.63, 3.8) is 0 Å². The Morgan fingerprint density at radius 3 is 2.77 bits per heavy atom. The summed E-state index contributed by atoms with van der Waals surface area (Å²) in [5.41, 5.74) is 5.85. The Bertz CT molecular complexity index is 1070. The molecule has 2 aliphatic rings. The molecule has 0 radical (unpaired) electrons. The lowest BCUT2D eigenvalue weighted by Crippen LogP contribution is -2.31. The number of pyridine rings is 1. The van der Waals surface area contributed by atoms with Crippen molar-refractivity contribution >= 4 is 23.0 Å². The van der Waals surface area contributed by atoms with Crippen molar-refractivity contribution in [2.24, 2.45) is 0 Å². The zero-order valence-corrected chi connectivity index (χ0v) is 18.8. The van der Waals surface area contributed by atoms with Crippen molar-refractivity contribution in [2.75, 3.05) is 11.5 Å². The van der Waals surface area contributed by atoms with E-state index in [0.717, 1.165) is 42.5 Å². The van der Waals surface area contributed by atoms with Crippen LogP contribution in [0.15, 0.2) is 60.9 Å². The number of hydrogen-bond donors (Lipinski definition) is 1. The Morgan fingerprint density at radius 2 is 2.03 bits per heavy atom. The van der Waals surface area contributed by atoms with Gasteiger partial charge in [0.1, 0.15) is 6.04 Å². The van der Waals surface area contributed by atoms with Gasteiger partial charge < -0.3 is 19.5 Å². The van der Waals surface area contributed by atoms with Crippen LogP contribution in [0.3, 0.4) is 0 Å².